The van der Waals surface area contributed by atoms with Gasteiger partial charge in [0.1, 0.15) is 0 Å². The number of nitrogens with one attached hydrogen (secondary N) is 2. The Morgan fingerprint density at radius 1 is 1.10 bits per heavy atom. The minimum absolute atomic E-state index is 0.0581. The number of carbonyl (C=O) groups excluding carboxylic acids is 2. The molecular formula is C21H26N4O5. The van der Waals surface area contributed by atoms with Crippen LogP contribution in [0.3, 0.4) is 0 Å². The predicted octanol–water partition coefficient (Wildman–Crippen LogP) is 0.682. The van der Waals surface area contributed by atoms with Crippen LogP contribution < -0.4 is 10.6 Å². The van der Waals surface area contributed by atoms with Crippen molar-refractivity contribution in [1.29, 1.82) is 0 Å². The first-order valence-corrected chi connectivity index (χ1v) is 9.64. The van der Waals surface area contributed by atoms with Crippen molar-refractivity contribution < 1.29 is 24.6 Å². The molecule has 0 unspecified atom stereocenters. The van der Waals surface area contributed by atoms with Crippen LogP contribution in [0.2, 0.25) is 0 Å². The number of pyridine rings is 2. The Morgan fingerprint density at radius 2 is 1.73 bits per heavy atom. The second-order valence-electron chi connectivity index (χ2n) is 6.97. The summed E-state index contributed by atoms with van der Waals surface area (Å²) in [6, 6.07) is 6.92. The van der Waals surface area contributed by atoms with E-state index in [-0.39, 0.29) is 30.6 Å². The molecule has 0 spiro atoms. The molecule has 3 atom stereocenters. The number of aliphatic hydroxyl groups is 1. The molecule has 3 rings (SSSR count). The first kappa shape index (κ1) is 23.0. The summed E-state index contributed by atoms with van der Waals surface area (Å²) in [6.45, 7) is 0.170. The van der Waals surface area contributed by atoms with Crippen LogP contribution in [0.15, 0.2) is 49.1 Å². The van der Waals surface area contributed by atoms with Crippen molar-refractivity contribution in [1.82, 2.24) is 20.6 Å². The number of hydrogen-bond donors (Lipinski definition) is 4. The SMILES string of the molecule is O=C(Cc1cccnc1)N[C@@H]1C[C@@H](C(=O)NCc2cccnc2)CC[C@H]1O.O=CO. The van der Waals surface area contributed by atoms with Crippen molar-refractivity contribution in [2.24, 2.45) is 5.92 Å². The zero-order chi connectivity index (χ0) is 21.8. The molecule has 2 heterocycles. The van der Waals surface area contributed by atoms with Crippen LogP contribution in [0.25, 0.3) is 0 Å². The molecule has 2 aromatic heterocycles. The van der Waals surface area contributed by atoms with E-state index in [1.807, 2.05) is 18.2 Å². The third-order valence-electron chi connectivity index (χ3n) is 4.81. The summed E-state index contributed by atoms with van der Waals surface area (Å²) >= 11 is 0. The minimum atomic E-state index is -0.634. The largest absolute Gasteiger partial charge is 0.483 e. The molecule has 0 radical (unpaired) electrons. The van der Waals surface area contributed by atoms with E-state index < -0.39 is 12.1 Å². The third kappa shape index (κ3) is 7.59. The van der Waals surface area contributed by atoms with Gasteiger partial charge in [0.05, 0.1) is 18.6 Å². The van der Waals surface area contributed by atoms with E-state index in [1.165, 1.54) is 0 Å². The van der Waals surface area contributed by atoms with E-state index in [2.05, 4.69) is 20.6 Å². The number of carboxylic acid groups (broad SMARTS) is 1. The van der Waals surface area contributed by atoms with Crippen molar-refractivity contribution >= 4 is 18.3 Å². The highest BCUT2D eigenvalue weighted by Gasteiger charge is 2.33. The highest BCUT2D eigenvalue weighted by Crippen LogP contribution is 2.25. The zero-order valence-electron chi connectivity index (χ0n) is 16.5. The molecule has 0 bridgehead atoms. The second-order valence-corrected chi connectivity index (χ2v) is 6.97. The lowest BCUT2D eigenvalue weighted by Gasteiger charge is -2.33. The van der Waals surface area contributed by atoms with Gasteiger partial charge < -0.3 is 20.8 Å². The molecule has 1 aliphatic carbocycles. The molecule has 2 aromatic rings. The van der Waals surface area contributed by atoms with Crippen LogP contribution in [0.5, 0.6) is 0 Å². The Hall–Kier alpha value is -3.33. The maximum absolute atomic E-state index is 12.5. The average molecular weight is 414 g/mol. The molecule has 1 fully saturated rings. The first-order chi connectivity index (χ1) is 14.5. The van der Waals surface area contributed by atoms with Crippen LogP contribution in [0.1, 0.15) is 30.4 Å². The molecule has 0 aliphatic heterocycles. The Balaban J connectivity index is 0.00000101. The van der Waals surface area contributed by atoms with Gasteiger partial charge in [0.2, 0.25) is 11.8 Å². The normalized spacial score (nSPS) is 20.2. The van der Waals surface area contributed by atoms with Crippen LogP contribution in [-0.4, -0.2) is 50.6 Å². The van der Waals surface area contributed by atoms with Crippen LogP contribution in [0.4, 0.5) is 0 Å². The lowest BCUT2D eigenvalue weighted by molar-refractivity contribution is -0.129. The van der Waals surface area contributed by atoms with Crippen molar-refractivity contribution in [2.45, 2.75) is 44.4 Å². The van der Waals surface area contributed by atoms with Crippen LogP contribution in [0, 0.1) is 5.92 Å². The maximum Gasteiger partial charge on any atom is 0.290 e. The molecule has 30 heavy (non-hydrogen) atoms. The lowest BCUT2D eigenvalue weighted by Crippen LogP contribution is -2.49. The highest BCUT2D eigenvalue weighted by molar-refractivity contribution is 5.80. The molecule has 2 amide bonds. The molecular weight excluding hydrogens is 388 g/mol. The minimum Gasteiger partial charge on any atom is -0.483 e. The van der Waals surface area contributed by atoms with Crippen molar-refractivity contribution in [3.63, 3.8) is 0 Å². The highest BCUT2D eigenvalue weighted by atomic mass is 16.3. The van der Waals surface area contributed by atoms with Gasteiger partial charge >= 0.3 is 0 Å². The number of aromatic nitrogens is 2. The Bertz CT molecular complexity index is 804. The van der Waals surface area contributed by atoms with Gasteiger partial charge in [0.15, 0.2) is 0 Å². The van der Waals surface area contributed by atoms with E-state index in [0.29, 0.717) is 25.8 Å². The molecule has 4 N–H and O–H groups in total. The second kappa shape index (κ2) is 12.3. The fourth-order valence-corrected chi connectivity index (χ4v) is 3.33. The van der Waals surface area contributed by atoms with Gasteiger partial charge in [0, 0.05) is 37.3 Å². The number of amides is 2. The smallest absolute Gasteiger partial charge is 0.290 e. The molecule has 9 nitrogen and oxygen atoms in total. The van der Waals surface area contributed by atoms with E-state index in [0.717, 1.165) is 11.1 Å². The summed E-state index contributed by atoms with van der Waals surface area (Å²) in [5.74, 6) is -0.463. The number of nitrogens with zero attached hydrogens (tertiary/aromatic N) is 2. The van der Waals surface area contributed by atoms with Gasteiger partial charge in [-0.05, 0) is 42.5 Å². The standard InChI is InChI=1S/C20H24N4O3.CH2O2/c25-18-6-5-16(20(27)23-13-15-4-2-8-22-12-15)10-17(18)24-19(26)9-14-3-1-7-21-11-14;2-1-3/h1-4,7-8,11-12,16-18,25H,5-6,9-10,13H2,(H,23,27)(H,24,26);1H,(H,2,3)/t16-,17+,18+;/m0./s1. The molecule has 1 aliphatic rings. The Kier molecular flexibility index (Phi) is 9.39. The summed E-state index contributed by atoms with van der Waals surface area (Å²) in [4.78, 5) is 41.1. The summed E-state index contributed by atoms with van der Waals surface area (Å²) in [7, 11) is 0. The molecule has 9 heteroatoms. The quantitative estimate of drug-likeness (QED) is 0.509. The van der Waals surface area contributed by atoms with Gasteiger partial charge in [0.25, 0.3) is 6.47 Å². The monoisotopic (exact) mass is 414 g/mol. The van der Waals surface area contributed by atoms with Gasteiger partial charge in [-0.3, -0.25) is 24.4 Å². The molecule has 0 saturated heterocycles. The van der Waals surface area contributed by atoms with Crippen molar-refractivity contribution in [2.75, 3.05) is 0 Å². The number of carbonyl (C=O) groups is 3. The Morgan fingerprint density at radius 3 is 2.33 bits per heavy atom. The van der Waals surface area contributed by atoms with Crippen LogP contribution >= 0.6 is 0 Å². The molecule has 160 valence electrons. The fraction of sp³-hybridized carbons (Fsp3) is 0.381. The van der Waals surface area contributed by atoms with Gasteiger partial charge in [-0.15, -0.1) is 0 Å². The topological polar surface area (TPSA) is 142 Å². The summed E-state index contributed by atoms with van der Waals surface area (Å²) < 4.78 is 0. The molecule has 0 aromatic carbocycles. The average Bonchev–Trinajstić information content (AvgIpc) is 2.75. The van der Waals surface area contributed by atoms with Crippen LogP contribution in [-0.2, 0) is 27.3 Å². The van der Waals surface area contributed by atoms with Gasteiger partial charge in [-0.25, -0.2) is 0 Å². The maximum atomic E-state index is 12.5. The molecule has 1 saturated carbocycles. The zero-order valence-corrected chi connectivity index (χ0v) is 16.5. The summed E-state index contributed by atoms with van der Waals surface area (Å²) in [6.07, 6.45) is 7.79. The number of hydrogen-bond acceptors (Lipinski definition) is 6. The Labute approximate surface area is 174 Å². The van der Waals surface area contributed by atoms with Gasteiger partial charge in [-0.2, -0.15) is 0 Å². The summed E-state index contributed by atoms with van der Waals surface area (Å²) in [5.41, 5.74) is 1.74. The third-order valence-corrected chi connectivity index (χ3v) is 4.81. The van der Waals surface area contributed by atoms with E-state index in [4.69, 9.17) is 9.90 Å². The first-order valence-electron chi connectivity index (χ1n) is 9.64. The predicted molar refractivity (Wildman–Crippen MR) is 108 cm³/mol. The lowest BCUT2D eigenvalue weighted by atomic mass is 9.83. The van der Waals surface area contributed by atoms with E-state index in [9.17, 15) is 14.7 Å². The van der Waals surface area contributed by atoms with Crippen molar-refractivity contribution in [3.05, 3.63) is 60.2 Å². The van der Waals surface area contributed by atoms with Gasteiger partial charge in [-0.1, -0.05) is 12.1 Å². The number of rotatable bonds is 6. The van der Waals surface area contributed by atoms with E-state index in [1.54, 1.807) is 30.9 Å². The summed E-state index contributed by atoms with van der Waals surface area (Å²) in [5, 5.41) is 22.9. The fourth-order valence-electron chi connectivity index (χ4n) is 3.33. The van der Waals surface area contributed by atoms with Crippen molar-refractivity contribution in [3.8, 4) is 0 Å². The number of aliphatic hydroxyl groups excluding tert-OH is 1. The van der Waals surface area contributed by atoms with E-state index >= 15 is 0 Å².